The Hall–Kier alpha value is -1.11. The Labute approximate surface area is 161 Å². The highest BCUT2D eigenvalue weighted by Gasteiger charge is 2.29. The van der Waals surface area contributed by atoms with E-state index in [1.165, 1.54) is 0 Å². The zero-order valence-corrected chi connectivity index (χ0v) is 16.1. The number of aliphatic hydroxyl groups is 2. The average molecular weight is 427 g/mol. The molecule has 3 rings (SSSR count). The Morgan fingerprint density at radius 2 is 2.00 bits per heavy atom. The van der Waals surface area contributed by atoms with Crippen molar-refractivity contribution >= 4 is 27.5 Å². The summed E-state index contributed by atoms with van der Waals surface area (Å²) in [6, 6.07) is 13.1. The number of nitrogens with zero attached hydrogens (tertiary/aromatic N) is 1. The Balaban J connectivity index is 1.80. The molecule has 2 aromatic carbocycles. The summed E-state index contributed by atoms with van der Waals surface area (Å²) in [7, 11) is 0. The molecule has 2 atom stereocenters. The molecule has 0 saturated carbocycles. The lowest BCUT2D eigenvalue weighted by atomic mass is 10.0. The summed E-state index contributed by atoms with van der Waals surface area (Å²) in [6.07, 6.45) is 0.394. The van der Waals surface area contributed by atoms with Gasteiger partial charge in [-0.15, -0.1) is 0 Å². The second kappa shape index (κ2) is 8.52. The molecule has 0 aliphatic carbocycles. The molecule has 1 saturated heterocycles. The van der Waals surface area contributed by atoms with E-state index in [0.717, 1.165) is 34.3 Å². The first kappa shape index (κ1) is 18.7. The second-order valence-electron chi connectivity index (χ2n) is 6.23. The van der Waals surface area contributed by atoms with Crippen LogP contribution < -0.4 is 4.74 Å². The first-order chi connectivity index (χ1) is 12.1. The fourth-order valence-corrected chi connectivity index (χ4v) is 3.62. The quantitative estimate of drug-likeness (QED) is 0.738. The first-order valence-electron chi connectivity index (χ1n) is 8.26. The van der Waals surface area contributed by atoms with Crippen molar-refractivity contribution in [1.82, 2.24) is 4.90 Å². The molecule has 1 aliphatic heterocycles. The molecule has 2 N–H and O–H groups in total. The fraction of sp³-hybridized carbons (Fsp3) is 0.368. The van der Waals surface area contributed by atoms with Gasteiger partial charge in [0.15, 0.2) is 0 Å². The fourth-order valence-electron chi connectivity index (χ4n) is 3.11. The normalized spacial score (nSPS) is 19.1. The largest absolute Gasteiger partial charge is 0.489 e. The lowest BCUT2D eigenvalue weighted by molar-refractivity contribution is 0.118. The van der Waals surface area contributed by atoms with Crippen molar-refractivity contribution in [3.63, 3.8) is 0 Å². The van der Waals surface area contributed by atoms with Gasteiger partial charge in [0.05, 0.1) is 18.8 Å². The van der Waals surface area contributed by atoms with Gasteiger partial charge < -0.3 is 14.9 Å². The predicted octanol–water partition coefficient (Wildman–Crippen LogP) is 3.78. The molecule has 0 bridgehead atoms. The summed E-state index contributed by atoms with van der Waals surface area (Å²) in [6.45, 7) is 1.72. The smallest absolute Gasteiger partial charge is 0.124 e. The molecule has 2 aromatic rings. The van der Waals surface area contributed by atoms with Gasteiger partial charge in [-0.2, -0.15) is 0 Å². The van der Waals surface area contributed by atoms with Crippen molar-refractivity contribution in [3.05, 3.63) is 63.1 Å². The number of aliphatic hydroxyl groups excluding tert-OH is 2. The molecule has 0 spiro atoms. The van der Waals surface area contributed by atoms with Crippen LogP contribution >= 0.6 is 27.5 Å². The highest BCUT2D eigenvalue weighted by Crippen LogP contribution is 2.34. The van der Waals surface area contributed by atoms with Crippen LogP contribution in [-0.2, 0) is 6.61 Å². The first-order valence-corrected chi connectivity index (χ1v) is 9.43. The zero-order chi connectivity index (χ0) is 17.8. The van der Waals surface area contributed by atoms with E-state index in [2.05, 4.69) is 20.8 Å². The molecule has 134 valence electrons. The number of rotatable bonds is 6. The molecule has 1 aliphatic rings. The topological polar surface area (TPSA) is 52.9 Å². The van der Waals surface area contributed by atoms with Gasteiger partial charge in [-0.25, -0.2) is 0 Å². The molecular weight excluding hydrogens is 406 g/mol. The monoisotopic (exact) mass is 425 g/mol. The van der Waals surface area contributed by atoms with Gasteiger partial charge in [0.1, 0.15) is 12.4 Å². The maximum absolute atomic E-state index is 9.95. The molecule has 1 heterocycles. The Morgan fingerprint density at radius 3 is 2.64 bits per heavy atom. The van der Waals surface area contributed by atoms with Crippen LogP contribution in [-0.4, -0.2) is 40.9 Å². The molecule has 0 amide bonds. The van der Waals surface area contributed by atoms with Crippen LogP contribution in [0.2, 0.25) is 5.02 Å². The lowest BCUT2D eigenvalue weighted by Crippen LogP contribution is -2.30. The van der Waals surface area contributed by atoms with Gasteiger partial charge in [-0.3, -0.25) is 4.90 Å². The van der Waals surface area contributed by atoms with Gasteiger partial charge in [0.25, 0.3) is 0 Å². The van der Waals surface area contributed by atoms with Crippen molar-refractivity contribution in [2.45, 2.75) is 25.2 Å². The molecule has 0 radical (unpaired) electrons. The SMILES string of the molecule is OCC(c1cc(Br)ccc1OCc1ccc(Cl)cc1)N1CCC(O)C1. The molecule has 1 fully saturated rings. The third-order valence-electron chi connectivity index (χ3n) is 4.45. The van der Waals surface area contributed by atoms with Crippen molar-refractivity contribution in [2.75, 3.05) is 19.7 Å². The number of hydrogen-bond donors (Lipinski definition) is 2. The van der Waals surface area contributed by atoms with E-state index < -0.39 is 0 Å². The summed E-state index contributed by atoms with van der Waals surface area (Å²) < 4.78 is 6.95. The third kappa shape index (κ3) is 4.74. The van der Waals surface area contributed by atoms with Gasteiger partial charge in [0, 0.05) is 28.1 Å². The van der Waals surface area contributed by atoms with Crippen LogP contribution in [0.25, 0.3) is 0 Å². The highest BCUT2D eigenvalue weighted by atomic mass is 79.9. The summed E-state index contributed by atoms with van der Waals surface area (Å²) in [5, 5.41) is 20.5. The maximum atomic E-state index is 9.95. The van der Waals surface area contributed by atoms with E-state index in [-0.39, 0.29) is 18.8 Å². The van der Waals surface area contributed by atoms with Gasteiger partial charge in [-0.05, 0) is 42.3 Å². The molecule has 4 nitrogen and oxygen atoms in total. The van der Waals surface area contributed by atoms with E-state index in [4.69, 9.17) is 16.3 Å². The molecule has 2 unspecified atom stereocenters. The van der Waals surface area contributed by atoms with Crippen molar-refractivity contribution in [2.24, 2.45) is 0 Å². The highest BCUT2D eigenvalue weighted by molar-refractivity contribution is 9.10. The number of likely N-dealkylation sites (tertiary alicyclic amines) is 1. The number of halogens is 2. The maximum Gasteiger partial charge on any atom is 0.124 e. The van der Waals surface area contributed by atoms with Crippen molar-refractivity contribution in [3.8, 4) is 5.75 Å². The Morgan fingerprint density at radius 1 is 1.24 bits per heavy atom. The summed E-state index contributed by atoms with van der Waals surface area (Å²) in [5.41, 5.74) is 1.94. The molecule has 0 aromatic heterocycles. The average Bonchev–Trinajstić information content (AvgIpc) is 3.02. The van der Waals surface area contributed by atoms with Crippen LogP contribution in [0.1, 0.15) is 23.6 Å². The van der Waals surface area contributed by atoms with Gasteiger partial charge in [-0.1, -0.05) is 39.7 Å². The summed E-state index contributed by atoms with van der Waals surface area (Å²) in [5.74, 6) is 0.735. The van der Waals surface area contributed by atoms with Crippen LogP contribution in [0.4, 0.5) is 0 Å². The van der Waals surface area contributed by atoms with Crippen LogP contribution in [0.15, 0.2) is 46.9 Å². The van der Waals surface area contributed by atoms with E-state index in [1.54, 1.807) is 0 Å². The van der Waals surface area contributed by atoms with E-state index >= 15 is 0 Å². The van der Waals surface area contributed by atoms with Crippen LogP contribution in [0.5, 0.6) is 5.75 Å². The van der Waals surface area contributed by atoms with Gasteiger partial charge in [0.2, 0.25) is 0 Å². The van der Waals surface area contributed by atoms with E-state index in [9.17, 15) is 10.2 Å². The van der Waals surface area contributed by atoms with Gasteiger partial charge >= 0.3 is 0 Å². The Kier molecular flexibility index (Phi) is 6.36. The van der Waals surface area contributed by atoms with Crippen molar-refractivity contribution < 1.29 is 14.9 Å². The number of β-amino-alcohol motifs (C(OH)–C–C–N with tert-alkyl or cyclic N) is 1. The predicted molar refractivity (Wildman–Crippen MR) is 102 cm³/mol. The minimum Gasteiger partial charge on any atom is -0.489 e. The summed E-state index contributed by atoms with van der Waals surface area (Å²) in [4.78, 5) is 2.10. The third-order valence-corrected chi connectivity index (χ3v) is 5.19. The standard InChI is InChI=1S/C19H21BrClNO3/c20-14-3-6-19(25-12-13-1-4-15(21)5-2-13)17(9-14)18(11-23)22-8-7-16(24)10-22/h1-6,9,16,18,23-24H,7-8,10-12H2. The molecule has 25 heavy (non-hydrogen) atoms. The zero-order valence-electron chi connectivity index (χ0n) is 13.7. The van der Waals surface area contributed by atoms with E-state index in [1.807, 2.05) is 42.5 Å². The Bertz CT molecular complexity index is 710. The number of benzene rings is 2. The molecular formula is C19H21BrClNO3. The second-order valence-corrected chi connectivity index (χ2v) is 7.59. The van der Waals surface area contributed by atoms with Crippen LogP contribution in [0.3, 0.4) is 0 Å². The van der Waals surface area contributed by atoms with Crippen molar-refractivity contribution in [1.29, 1.82) is 0 Å². The lowest BCUT2D eigenvalue weighted by Gasteiger charge is -2.28. The van der Waals surface area contributed by atoms with E-state index in [0.29, 0.717) is 18.2 Å². The summed E-state index contributed by atoms with van der Waals surface area (Å²) >= 11 is 9.42. The minimum absolute atomic E-state index is 0.0273. The number of hydrogen-bond acceptors (Lipinski definition) is 4. The number of ether oxygens (including phenoxy) is 1. The molecule has 6 heteroatoms. The van der Waals surface area contributed by atoms with Crippen LogP contribution in [0, 0.1) is 0 Å². The minimum atomic E-state index is -0.334.